The zero-order chi connectivity index (χ0) is 29.1. The van der Waals surface area contributed by atoms with E-state index in [4.69, 9.17) is 15.5 Å². The van der Waals surface area contributed by atoms with Crippen LogP contribution < -0.4 is 16.0 Å². The number of piperidine rings is 1. The number of nitrogens with two attached hydrogens (primary N) is 1. The molecule has 3 fully saturated rings. The number of piperazine rings is 1. The van der Waals surface area contributed by atoms with Crippen molar-refractivity contribution in [3.05, 3.63) is 42.1 Å². The van der Waals surface area contributed by atoms with Crippen molar-refractivity contribution >= 4 is 23.7 Å². The standard InChI is InChI=1S/C30H41N7O4/c1-4-5-15-41-30(40)36-13-11-35(12-14-36)29(39)26(19(2)3)34-28(38)23-16-24(37-17-21-22(18-37)25(21)31)33-27(32-23)20-9-7-6-8-10-20/h6-10,16,19,21-22,25-26H,4-5,11-15,17-18,31H2,1-3H3,(H,34,38)/t21-,22?,25+,26-/m0/s1. The van der Waals surface area contributed by atoms with Crippen LogP contribution in [-0.2, 0) is 9.53 Å². The van der Waals surface area contributed by atoms with Crippen LogP contribution in [0.3, 0.4) is 0 Å². The number of rotatable bonds is 9. The fourth-order valence-corrected chi connectivity index (χ4v) is 5.62. The van der Waals surface area contributed by atoms with E-state index >= 15 is 0 Å². The Morgan fingerprint density at radius 2 is 1.68 bits per heavy atom. The maximum Gasteiger partial charge on any atom is 0.409 e. The van der Waals surface area contributed by atoms with E-state index in [-0.39, 0.29) is 29.7 Å². The number of ether oxygens (including phenoxy) is 1. The summed E-state index contributed by atoms with van der Waals surface area (Å²) in [5, 5.41) is 2.96. The number of fused-ring (bicyclic) bond motifs is 1. The lowest BCUT2D eigenvalue weighted by atomic mass is 10.0. The van der Waals surface area contributed by atoms with E-state index in [1.807, 2.05) is 51.1 Å². The molecule has 1 aromatic carbocycles. The molecular formula is C30H41N7O4. The van der Waals surface area contributed by atoms with E-state index in [1.54, 1.807) is 15.9 Å². The van der Waals surface area contributed by atoms with Gasteiger partial charge < -0.3 is 30.5 Å². The SMILES string of the molecule is CCCCOC(=O)N1CCN(C(=O)[C@@H](NC(=O)c2cc(N3CC4[C@H](N)[C@H]4C3)nc(-c3ccccc3)n2)C(C)C)CC1. The van der Waals surface area contributed by atoms with Gasteiger partial charge in [0.05, 0.1) is 6.61 Å². The summed E-state index contributed by atoms with van der Waals surface area (Å²) < 4.78 is 5.31. The Morgan fingerprint density at radius 1 is 1.02 bits per heavy atom. The predicted molar refractivity (Wildman–Crippen MR) is 155 cm³/mol. The first-order valence-corrected chi connectivity index (χ1v) is 14.7. The molecule has 0 bridgehead atoms. The van der Waals surface area contributed by atoms with E-state index in [0.717, 1.165) is 31.5 Å². The molecule has 11 nitrogen and oxygen atoms in total. The van der Waals surface area contributed by atoms with Crippen LogP contribution in [0, 0.1) is 17.8 Å². The number of anilines is 1. The number of hydrogen-bond acceptors (Lipinski definition) is 8. The van der Waals surface area contributed by atoms with Gasteiger partial charge >= 0.3 is 6.09 Å². The highest BCUT2D eigenvalue weighted by Crippen LogP contribution is 2.45. The van der Waals surface area contributed by atoms with E-state index in [0.29, 0.717) is 56.3 Å². The average molecular weight is 564 g/mol. The van der Waals surface area contributed by atoms with Gasteiger partial charge in [-0.05, 0) is 24.2 Å². The molecule has 0 radical (unpaired) electrons. The van der Waals surface area contributed by atoms with Crippen molar-refractivity contribution in [2.24, 2.45) is 23.5 Å². The molecule has 11 heteroatoms. The highest BCUT2D eigenvalue weighted by molar-refractivity contribution is 5.97. The molecule has 1 unspecified atom stereocenters. The van der Waals surface area contributed by atoms with Crippen LogP contribution >= 0.6 is 0 Å². The van der Waals surface area contributed by atoms with Crippen molar-refractivity contribution in [3.8, 4) is 11.4 Å². The van der Waals surface area contributed by atoms with Crippen LogP contribution in [0.2, 0.25) is 0 Å². The Bertz CT molecular complexity index is 1240. The monoisotopic (exact) mass is 563 g/mol. The summed E-state index contributed by atoms with van der Waals surface area (Å²) in [4.78, 5) is 54.4. The third-order valence-corrected chi connectivity index (χ3v) is 8.35. The second-order valence-electron chi connectivity index (χ2n) is 11.6. The van der Waals surface area contributed by atoms with E-state index in [1.165, 1.54) is 0 Å². The smallest absolute Gasteiger partial charge is 0.409 e. The number of hydrogen-bond donors (Lipinski definition) is 2. The van der Waals surface area contributed by atoms with Crippen molar-refractivity contribution in [1.82, 2.24) is 25.1 Å². The number of carbonyl (C=O) groups is 3. The quantitative estimate of drug-likeness (QED) is 0.444. The van der Waals surface area contributed by atoms with Crippen LogP contribution in [-0.4, -0.2) is 95.6 Å². The maximum absolute atomic E-state index is 13.6. The average Bonchev–Trinajstić information content (AvgIpc) is 3.37. The molecular weight excluding hydrogens is 522 g/mol. The zero-order valence-corrected chi connectivity index (χ0v) is 24.2. The first kappa shape index (κ1) is 28.8. The fourth-order valence-electron chi connectivity index (χ4n) is 5.62. The zero-order valence-electron chi connectivity index (χ0n) is 24.2. The summed E-state index contributed by atoms with van der Waals surface area (Å²) in [6, 6.07) is 10.8. The summed E-state index contributed by atoms with van der Waals surface area (Å²) in [7, 11) is 0. The summed E-state index contributed by atoms with van der Waals surface area (Å²) in [6.07, 6.45) is 1.44. The highest BCUT2D eigenvalue weighted by Gasteiger charge is 2.54. The molecule has 2 saturated heterocycles. The van der Waals surface area contributed by atoms with Gasteiger partial charge in [0.1, 0.15) is 17.6 Å². The molecule has 3 amide bonds. The van der Waals surface area contributed by atoms with Gasteiger partial charge in [-0.2, -0.15) is 0 Å². The predicted octanol–water partition coefficient (Wildman–Crippen LogP) is 2.37. The molecule has 1 aromatic heterocycles. The van der Waals surface area contributed by atoms with Gasteiger partial charge in [0.25, 0.3) is 5.91 Å². The number of nitrogens with one attached hydrogen (secondary N) is 1. The molecule has 220 valence electrons. The van der Waals surface area contributed by atoms with Gasteiger partial charge in [-0.1, -0.05) is 57.5 Å². The summed E-state index contributed by atoms with van der Waals surface area (Å²) >= 11 is 0. The van der Waals surface area contributed by atoms with Gasteiger partial charge in [-0.25, -0.2) is 14.8 Å². The highest BCUT2D eigenvalue weighted by atomic mass is 16.6. The lowest BCUT2D eigenvalue weighted by Crippen LogP contribution is -2.57. The number of unbranched alkanes of at least 4 members (excludes halogenated alkanes) is 1. The third-order valence-electron chi connectivity index (χ3n) is 8.35. The lowest BCUT2D eigenvalue weighted by Gasteiger charge is -2.36. The molecule has 3 aliphatic rings. The summed E-state index contributed by atoms with van der Waals surface area (Å²) in [6.45, 7) is 9.44. The second kappa shape index (κ2) is 12.4. The van der Waals surface area contributed by atoms with Crippen LogP contribution in [0.15, 0.2) is 36.4 Å². The Hall–Kier alpha value is -3.73. The first-order valence-electron chi connectivity index (χ1n) is 14.7. The molecule has 3 N–H and O–H groups in total. The van der Waals surface area contributed by atoms with E-state index < -0.39 is 11.9 Å². The Morgan fingerprint density at radius 3 is 2.32 bits per heavy atom. The Balaban J connectivity index is 1.28. The topological polar surface area (TPSA) is 134 Å². The van der Waals surface area contributed by atoms with Gasteiger partial charge in [0.2, 0.25) is 5.91 Å². The van der Waals surface area contributed by atoms with Crippen molar-refractivity contribution in [1.29, 1.82) is 0 Å². The molecule has 1 saturated carbocycles. The molecule has 1 aliphatic carbocycles. The van der Waals surface area contributed by atoms with Crippen molar-refractivity contribution in [2.45, 2.75) is 45.7 Å². The minimum atomic E-state index is -0.735. The number of aromatic nitrogens is 2. The lowest BCUT2D eigenvalue weighted by molar-refractivity contribution is -0.135. The minimum Gasteiger partial charge on any atom is -0.449 e. The molecule has 2 aromatic rings. The van der Waals surface area contributed by atoms with Crippen molar-refractivity contribution in [3.63, 3.8) is 0 Å². The number of carbonyl (C=O) groups excluding carboxylic acids is 3. The van der Waals surface area contributed by atoms with Gasteiger partial charge in [-0.15, -0.1) is 0 Å². The number of nitrogens with zero attached hydrogens (tertiary/aromatic N) is 5. The summed E-state index contributed by atoms with van der Waals surface area (Å²) in [5.41, 5.74) is 7.18. The molecule has 4 atom stereocenters. The maximum atomic E-state index is 13.6. The van der Waals surface area contributed by atoms with E-state index in [2.05, 4.69) is 15.2 Å². The fraction of sp³-hybridized carbons (Fsp3) is 0.567. The van der Waals surface area contributed by atoms with Crippen LogP contribution in [0.25, 0.3) is 11.4 Å². The Labute approximate surface area is 241 Å². The molecule has 0 spiro atoms. The summed E-state index contributed by atoms with van der Waals surface area (Å²) in [5.74, 6) is 1.35. The number of benzene rings is 1. The Kier molecular flexibility index (Phi) is 8.72. The first-order chi connectivity index (χ1) is 19.8. The molecule has 5 rings (SSSR count). The minimum absolute atomic E-state index is 0.148. The van der Waals surface area contributed by atoms with Gasteiger partial charge in [-0.3, -0.25) is 9.59 Å². The second-order valence-corrected chi connectivity index (χ2v) is 11.6. The van der Waals surface area contributed by atoms with Crippen molar-refractivity contribution in [2.75, 3.05) is 50.8 Å². The molecule has 41 heavy (non-hydrogen) atoms. The van der Waals surface area contributed by atoms with E-state index in [9.17, 15) is 14.4 Å². The molecule has 3 heterocycles. The van der Waals surface area contributed by atoms with Crippen LogP contribution in [0.4, 0.5) is 10.6 Å². The normalized spacial score (nSPS) is 22.4. The van der Waals surface area contributed by atoms with Gasteiger partial charge in [0.15, 0.2) is 5.82 Å². The van der Waals surface area contributed by atoms with Crippen LogP contribution in [0.1, 0.15) is 44.1 Å². The number of amides is 3. The largest absolute Gasteiger partial charge is 0.449 e. The van der Waals surface area contributed by atoms with Crippen molar-refractivity contribution < 1.29 is 19.1 Å². The third kappa shape index (κ3) is 6.45. The molecule has 2 aliphatic heterocycles. The van der Waals surface area contributed by atoms with Gasteiger partial charge in [0, 0.05) is 56.9 Å². The van der Waals surface area contributed by atoms with Crippen LogP contribution in [0.5, 0.6) is 0 Å².